The van der Waals surface area contributed by atoms with Crippen LogP contribution in [0.15, 0.2) is 54.7 Å². The molecule has 0 fully saturated rings. The summed E-state index contributed by atoms with van der Waals surface area (Å²) in [7, 11) is 0. The Morgan fingerprint density at radius 3 is 2.69 bits per heavy atom. The number of carbonyl (C=O) groups excluding carboxylic acids is 1. The van der Waals surface area contributed by atoms with Crippen molar-refractivity contribution in [2.24, 2.45) is 0 Å². The van der Waals surface area contributed by atoms with Crippen molar-refractivity contribution in [3.63, 3.8) is 0 Å². The molecule has 0 aliphatic heterocycles. The number of hydrogen-bond donors (Lipinski definition) is 2. The number of H-pyrrole nitrogens is 1. The van der Waals surface area contributed by atoms with Crippen molar-refractivity contribution in [1.82, 2.24) is 10.3 Å². The number of benzene rings is 2. The van der Waals surface area contributed by atoms with Crippen LogP contribution in [0.5, 0.6) is 0 Å². The molecule has 0 bridgehead atoms. The van der Waals surface area contributed by atoms with Crippen molar-refractivity contribution in [3.05, 3.63) is 76.9 Å². The molecular formula is C22H24FN3O3. The molecule has 2 aromatic carbocycles. The Morgan fingerprint density at radius 1 is 1.28 bits per heavy atom. The quantitative estimate of drug-likeness (QED) is 0.288. The van der Waals surface area contributed by atoms with Gasteiger partial charge in [-0.2, -0.15) is 0 Å². The lowest BCUT2D eigenvalue weighted by Crippen LogP contribution is -2.36. The third kappa shape index (κ3) is 5.34. The molecular weight excluding hydrogens is 373 g/mol. The van der Waals surface area contributed by atoms with Gasteiger partial charge in [0.05, 0.1) is 6.54 Å². The average molecular weight is 397 g/mol. The van der Waals surface area contributed by atoms with Gasteiger partial charge in [-0.25, -0.2) is 13.9 Å². The molecule has 1 heterocycles. The van der Waals surface area contributed by atoms with Gasteiger partial charge in [-0.05, 0) is 51.1 Å². The fraction of sp³-hybridized carbons (Fsp3) is 0.273. The molecule has 29 heavy (non-hydrogen) atoms. The van der Waals surface area contributed by atoms with Crippen LogP contribution < -0.4 is 5.32 Å². The SMILES string of the molecule is CC(C)(C)OC(=O)NCC(c1c[nH]c2ccc(F)cc12)/[N+]([O-])=C\c1ccccc1. The number of carbonyl (C=O) groups is 1. The zero-order valence-electron chi connectivity index (χ0n) is 16.6. The van der Waals surface area contributed by atoms with Gasteiger partial charge in [0, 0.05) is 28.2 Å². The molecule has 0 saturated heterocycles. The van der Waals surface area contributed by atoms with Gasteiger partial charge in [-0.1, -0.05) is 18.2 Å². The summed E-state index contributed by atoms with van der Waals surface area (Å²) in [5.41, 5.74) is 1.35. The minimum Gasteiger partial charge on any atom is -0.623 e. The standard InChI is InChI=1S/C22H24FN3O3/c1-22(2,3)29-21(27)25-13-20(26(28)14-15-7-5-4-6-8-15)18-12-24-19-10-9-16(23)11-17(18)19/h4-12,14,20,24H,13H2,1-3H3,(H,25,27)/b26-14+. The van der Waals surface area contributed by atoms with Crippen LogP contribution in [-0.4, -0.2) is 34.2 Å². The number of nitrogens with zero attached hydrogens (tertiary/aromatic N) is 1. The van der Waals surface area contributed by atoms with Crippen molar-refractivity contribution in [2.75, 3.05) is 6.54 Å². The number of alkyl carbamates (subject to hydrolysis) is 1. The normalized spacial score (nSPS) is 13.3. The number of hydrogen-bond acceptors (Lipinski definition) is 3. The number of fused-ring (bicyclic) bond motifs is 1. The highest BCUT2D eigenvalue weighted by molar-refractivity contribution is 5.84. The van der Waals surface area contributed by atoms with Crippen molar-refractivity contribution in [1.29, 1.82) is 0 Å². The number of aromatic nitrogens is 1. The summed E-state index contributed by atoms with van der Waals surface area (Å²) >= 11 is 0. The maximum absolute atomic E-state index is 13.8. The van der Waals surface area contributed by atoms with E-state index in [0.29, 0.717) is 16.5 Å². The number of amides is 1. The Balaban J connectivity index is 1.93. The fourth-order valence-corrected chi connectivity index (χ4v) is 3.00. The van der Waals surface area contributed by atoms with E-state index < -0.39 is 23.6 Å². The number of ether oxygens (including phenoxy) is 1. The summed E-state index contributed by atoms with van der Waals surface area (Å²) < 4.78 is 19.8. The number of aromatic amines is 1. The minimum absolute atomic E-state index is 0.00872. The maximum Gasteiger partial charge on any atom is 0.407 e. The first-order valence-electron chi connectivity index (χ1n) is 9.32. The van der Waals surface area contributed by atoms with Crippen LogP contribution in [-0.2, 0) is 4.74 Å². The van der Waals surface area contributed by atoms with E-state index in [-0.39, 0.29) is 6.54 Å². The highest BCUT2D eigenvalue weighted by Crippen LogP contribution is 2.27. The molecule has 0 saturated carbocycles. The Hall–Kier alpha value is -3.35. The highest BCUT2D eigenvalue weighted by Gasteiger charge is 2.25. The van der Waals surface area contributed by atoms with Gasteiger partial charge in [0.2, 0.25) is 6.04 Å². The zero-order valence-corrected chi connectivity index (χ0v) is 16.6. The topological polar surface area (TPSA) is 80.2 Å². The lowest BCUT2D eigenvalue weighted by atomic mass is 10.1. The van der Waals surface area contributed by atoms with Crippen LogP contribution in [0.2, 0.25) is 0 Å². The molecule has 7 heteroatoms. The molecule has 3 aromatic rings. The van der Waals surface area contributed by atoms with Crippen LogP contribution >= 0.6 is 0 Å². The number of halogens is 1. The second-order valence-corrected chi connectivity index (χ2v) is 7.73. The molecule has 1 amide bonds. The van der Waals surface area contributed by atoms with Crippen molar-refractivity contribution in [3.8, 4) is 0 Å². The highest BCUT2D eigenvalue weighted by atomic mass is 19.1. The number of hydroxylamine groups is 1. The summed E-state index contributed by atoms with van der Waals surface area (Å²) in [6.45, 7) is 5.27. The second kappa shape index (κ2) is 8.34. The van der Waals surface area contributed by atoms with Crippen LogP contribution in [0.3, 0.4) is 0 Å². The predicted molar refractivity (Wildman–Crippen MR) is 110 cm³/mol. The van der Waals surface area contributed by atoms with Crippen molar-refractivity contribution >= 4 is 23.2 Å². The first-order chi connectivity index (χ1) is 13.7. The summed E-state index contributed by atoms with van der Waals surface area (Å²) in [6, 6.07) is 12.7. The summed E-state index contributed by atoms with van der Waals surface area (Å²) in [5.74, 6) is -0.401. The van der Waals surface area contributed by atoms with Crippen LogP contribution in [0.1, 0.15) is 37.9 Å². The summed E-state index contributed by atoms with van der Waals surface area (Å²) in [6.07, 6.45) is 2.48. The van der Waals surface area contributed by atoms with Crippen molar-refractivity contribution < 1.29 is 18.7 Å². The van der Waals surface area contributed by atoms with Crippen LogP contribution in [0.4, 0.5) is 9.18 Å². The smallest absolute Gasteiger partial charge is 0.407 e. The Labute approximate surface area is 168 Å². The zero-order chi connectivity index (χ0) is 21.0. The van der Waals surface area contributed by atoms with Crippen molar-refractivity contribution in [2.45, 2.75) is 32.4 Å². The number of rotatable bonds is 5. The van der Waals surface area contributed by atoms with E-state index in [1.165, 1.54) is 18.3 Å². The van der Waals surface area contributed by atoms with Crippen LogP contribution in [0, 0.1) is 11.0 Å². The Morgan fingerprint density at radius 2 is 2.00 bits per heavy atom. The fourth-order valence-electron chi connectivity index (χ4n) is 3.00. The van der Waals surface area contributed by atoms with Gasteiger partial charge in [-0.3, -0.25) is 0 Å². The first kappa shape index (κ1) is 20.4. The molecule has 3 rings (SSSR count). The largest absolute Gasteiger partial charge is 0.623 e. The molecule has 0 aliphatic rings. The molecule has 1 unspecified atom stereocenters. The lowest BCUT2D eigenvalue weighted by Gasteiger charge is -2.21. The molecule has 0 spiro atoms. The molecule has 1 atom stereocenters. The van der Waals surface area contributed by atoms with Crippen LogP contribution in [0.25, 0.3) is 10.9 Å². The summed E-state index contributed by atoms with van der Waals surface area (Å²) in [4.78, 5) is 15.1. The van der Waals surface area contributed by atoms with Gasteiger partial charge < -0.3 is 20.2 Å². The Kier molecular flexibility index (Phi) is 5.87. The average Bonchev–Trinajstić information content (AvgIpc) is 3.04. The third-order valence-electron chi connectivity index (χ3n) is 4.26. The molecule has 1 aromatic heterocycles. The predicted octanol–water partition coefficient (Wildman–Crippen LogP) is 4.50. The molecule has 0 radical (unpaired) electrons. The van der Waals surface area contributed by atoms with Gasteiger partial charge in [-0.15, -0.1) is 0 Å². The van der Waals surface area contributed by atoms with E-state index in [0.717, 1.165) is 10.3 Å². The van der Waals surface area contributed by atoms with E-state index in [1.54, 1.807) is 45.2 Å². The molecule has 2 N–H and O–H groups in total. The van der Waals surface area contributed by atoms with Gasteiger partial charge >= 0.3 is 6.09 Å². The van der Waals surface area contributed by atoms with Gasteiger partial charge in [0.1, 0.15) is 11.4 Å². The monoisotopic (exact) mass is 397 g/mol. The van der Waals surface area contributed by atoms with Gasteiger partial charge in [0.15, 0.2) is 6.21 Å². The van der Waals surface area contributed by atoms with E-state index in [1.807, 2.05) is 18.2 Å². The Bertz CT molecular complexity index is 1020. The third-order valence-corrected chi connectivity index (χ3v) is 4.26. The van der Waals surface area contributed by atoms with E-state index in [9.17, 15) is 14.4 Å². The minimum atomic E-state index is -0.779. The molecule has 6 nitrogen and oxygen atoms in total. The molecule has 0 aliphatic carbocycles. The molecule has 152 valence electrons. The van der Waals surface area contributed by atoms with Gasteiger partial charge in [0.25, 0.3) is 0 Å². The van der Waals surface area contributed by atoms with E-state index in [4.69, 9.17) is 4.74 Å². The van der Waals surface area contributed by atoms with E-state index in [2.05, 4.69) is 10.3 Å². The maximum atomic E-state index is 13.8. The summed E-state index contributed by atoms with van der Waals surface area (Å²) in [5, 5.41) is 16.2. The van der Waals surface area contributed by atoms with E-state index >= 15 is 0 Å². The lowest BCUT2D eigenvalue weighted by molar-refractivity contribution is -0.500. The number of nitrogens with one attached hydrogen (secondary N) is 2. The first-order valence-corrected chi connectivity index (χ1v) is 9.32. The second-order valence-electron chi connectivity index (χ2n) is 7.73.